The van der Waals surface area contributed by atoms with Crippen molar-refractivity contribution in [3.8, 4) is 0 Å². The molecule has 1 aromatic rings. The van der Waals surface area contributed by atoms with Gasteiger partial charge in [0.25, 0.3) is 0 Å². The van der Waals surface area contributed by atoms with Gasteiger partial charge < -0.3 is 0 Å². The van der Waals surface area contributed by atoms with Crippen LogP contribution < -0.4 is 4.72 Å². The lowest BCUT2D eigenvalue weighted by Crippen LogP contribution is -2.41. The van der Waals surface area contributed by atoms with E-state index in [2.05, 4.69) is 4.72 Å². The Kier molecular flexibility index (Phi) is 5.11. The van der Waals surface area contributed by atoms with Crippen molar-refractivity contribution in [2.45, 2.75) is 43.7 Å². The summed E-state index contributed by atoms with van der Waals surface area (Å²) < 4.78 is 77.3. The third kappa shape index (κ3) is 4.95. The Balaban J connectivity index is 1.98. The molecule has 2 rings (SSSR count). The molecule has 0 heterocycles. The second-order valence-electron chi connectivity index (χ2n) is 5.61. The van der Waals surface area contributed by atoms with Gasteiger partial charge >= 0.3 is 6.18 Å². The molecule has 2 atom stereocenters. The minimum absolute atomic E-state index is 0.0414. The monoisotopic (exact) mass is 339 g/mol. The molecular formula is C14H17F4NO2S. The maximum atomic E-state index is 12.8. The van der Waals surface area contributed by atoms with Crippen molar-refractivity contribution in [3.05, 3.63) is 35.6 Å². The zero-order chi connectivity index (χ0) is 16.4. The maximum absolute atomic E-state index is 12.8. The van der Waals surface area contributed by atoms with Crippen LogP contribution in [0.3, 0.4) is 0 Å². The predicted molar refractivity (Wildman–Crippen MR) is 74.0 cm³/mol. The first-order chi connectivity index (χ1) is 10.2. The maximum Gasteiger partial charge on any atom is 0.391 e. The molecule has 0 saturated heterocycles. The number of alkyl halides is 3. The molecule has 0 unspecified atom stereocenters. The molecule has 0 aromatic heterocycles. The van der Waals surface area contributed by atoms with Gasteiger partial charge in [0.2, 0.25) is 10.0 Å². The Morgan fingerprint density at radius 3 is 2.36 bits per heavy atom. The van der Waals surface area contributed by atoms with Gasteiger partial charge in [0, 0.05) is 6.04 Å². The van der Waals surface area contributed by atoms with Gasteiger partial charge in [-0.1, -0.05) is 18.6 Å². The summed E-state index contributed by atoms with van der Waals surface area (Å²) in [5.41, 5.74) is 0.386. The van der Waals surface area contributed by atoms with E-state index in [1.54, 1.807) is 0 Å². The van der Waals surface area contributed by atoms with Crippen molar-refractivity contribution in [2.75, 3.05) is 0 Å². The summed E-state index contributed by atoms with van der Waals surface area (Å²) in [6.07, 6.45) is -3.74. The van der Waals surface area contributed by atoms with Crippen LogP contribution in [-0.4, -0.2) is 20.6 Å². The van der Waals surface area contributed by atoms with Crippen molar-refractivity contribution in [3.63, 3.8) is 0 Å². The van der Waals surface area contributed by atoms with E-state index in [9.17, 15) is 26.0 Å². The molecule has 1 saturated carbocycles. The SMILES string of the molecule is O=S(=O)(Cc1ccc(F)cc1)N[C@H]1CCC[C@@H](C(F)(F)F)C1. The number of nitrogens with one attached hydrogen (secondary N) is 1. The van der Waals surface area contributed by atoms with Gasteiger partial charge in [0.05, 0.1) is 11.7 Å². The van der Waals surface area contributed by atoms with Gasteiger partial charge in [-0.25, -0.2) is 17.5 Å². The summed E-state index contributed by atoms with van der Waals surface area (Å²) in [5, 5.41) is 0. The molecule has 22 heavy (non-hydrogen) atoms. The van der Waals surface area contributed by atoms with Crippen molar-refractivity contribution < 1.29 is 26.0 Å². The summed E-state index contributed by atoms with van der Waals surface area (Å²) in [7, 11) is -3.76. The Morgan fingerprint density at radius 1 is 1.14 bits per heavy atom. The highest BCUT2D eigenvalue weighted by Crippen LogP contribution is 2.37. The zero-order valence-corrected chi connectivity index (χ0v) is 12.6. The van der Waals surface area contributed by atoms with Crippen molar-refractivity contribution >= 4 is 10.0 Å². The highest BCUT2D eigenvalue weighted by molar-refractivity contribution is 7.88. The Bertz CT molecular complexity index is 598. The molecule has 8 heteroatoms. The molecule has 3 nitrogen and oxygen atoms in total. The number of hydrogen-bond acceptors (Lipinski definition) is 2. The Labute approximate surface area is 126 Å². The van der Waals surface area contributed by atoms with E-state index in [4.69, 9.17) is 0 Å². The average molecular weight is 339 g/mol. The molecule has 1 fully saturated rings. The minimum Gasteiger partial charge on any atom is -0.212 e. The van der Waals surface area contributed by atoms with Gasteiger partial charge in [-0.05, 0) is 37.0 Å². The first-order valence-corrected chi connectivity index (χ1v) is 8.62. The van der Waals surface area contributed by atoms with Crippen molar-refractivity contribution in [1.29, 1.82) is 0 Å². The lowest BCUT2D eigenvalue weighted by atomic mass is 9.86. The van der Waals surface area contributed by atoms with Crippen LogP contribution >= 0.6 is 0 Å². The second kappa shape index (κ2) is 6.54. The van der Waals surface area contributed by atoms with Gasteiger partial charge in [-0.15, -0.1) is 0 Å². The van der Waals surface area contributed by atoms with Gasteiger partial charge in [0.1, 0.15) is 5.82 Å². The van der Waals surface area contributed by atoms with Crippen molar-refractivity contribution in [1.82, 2.24) is 4.72 Å². The van der Waals surface area contributed by atoms with Crippen LogP contribution in [0.2, 0.25) is 0 Å². The van der Waals surface area contributed by atoms with E-state index in [0.29, 0.717) is 18.4 Å². The lowest BCUT2D eigenvalue weighted by Gasteiger charge is -2.30. The normalized spacial score (nSPS) is 23.5. The summed E-state index contributed by atoms with van der Waals surface area (Å²) in [5.74, 6) is -2.31. The number of hydrogen-bond donors (Lipinski definition) is 1. The smallest absolute Gasteiger partial charge is 0.212 e. The number of benzene rings is 1. The fourth-order valence-electron chi connectivity index (χ4n) is 2.69. The molecule has 1 N–H and O–H groups in total. The molecule has 0 bridgehead atoms. The van der Waals surface area contributed by atoms with Crippen LogP contribution in [-0.2, 0) is 15.8 Å². The molecular weight excluding hydrogens is 322 g/mol. The highest BCUT2D eigenvalue weighted by atomic mass is 32.2. The van der Waals surface area contributed by atoms with Gasteiger partial charge in [0.15, 0.2) is 0 Å². The third-order valence-electron chi connectivity index (χ3n) is 3.75. The van der Waals surface area contributed by atoms with Crippen LogP contribution in [0.1, 0.15) is 31.2 Å². The predicted octanol–water partition coefficient (Wildman–Crippen LogP) is 3.37. The van der Waals surface area contributed by atoms with E-state index in [-0.39, 0.29) is 18.6 Å². The summed E-state index contributed by atoms with van der Waals surface area (Å²) in [6.45, 7) is 0. The fraction of sp³-hybridized carbons (Fsp3) is 0.571. The van der Waals surface area contributed by atoms with E-state index in [0.717, 1.165) is 12.1 Å². The van der Waals surface area contributed by atoms with Gasteiger partial charge in [-0.2, -0.15) is 13.2 Å². The van der Waals surface area contributed by atoms with Crippen LogP contribution in [0.15, 0.2) is 24.3 Å². The molecule has 0 amide bonds. The number of sulfonamides is 1. The summed E-state index contributed by atoms with van der Waals surface area (Å²) >= 11 is 0. The molecule has 0 spiro atoms. The standard InChI is InChI=1S/C14H17F4NO2S/c15-12-6-4-10(5-7-12)9-22(20,21)19-13-3-1-2-11(8-13)14(16,17)18/h4-7,11,13,19H,1-3,8-9H2/t11-,13+/m1/s1. The number of halogens is 4. The highest BCUT2D eigenvalue weighted by Gasteiger charge is 2.42. The van der Waals surface area contributed by atoms with Gasteiger partial charge in [-0.3, -0.25) is 0 Å². The zero-order valence-electron chi connectivity index (χ0n) is 11.7. The van der Waals surface area contributed by atoms with Crippen LogP contribution in [0.25, 0.3) is 0 Å². The van der Waals surface area contributed by atoms with Crippen LogP contribution in [0.5, 0.6) is 0 Å². The number of rotatable bonds is 4. The molecule has 1 aliphatic carbocycles. The van der Waals surface area contributed by atoms with E-state index >= 15 is 0 Å². The molecule has 1 aliphatic rings. The van der Waals surface area contributed by atoms with E-state index in [1.807, 2.05) is 0 Å². The topological polar surface area (TPSA) is 46.2 Å². The van der Waals surface area contributed by atoms with E-state index in [1.165, 1.54) is 12.1 Å². The molecule has 0 radical (unpaired) electrons. The van der Waals surface area contributed by atoms with E-state index < -0.39 is 34.0 Å². The van der Waals surface area contributed by atoms with Crippen molar-refractivity contribution in [2.24, 2.45) is 5.92 Å². The lowest BCUT2D eigenvalue weighted by molar-refractivity contribution is -0.183. The minimum atomic E-state index is -4.29. The molecule has 0 aliphatic heterocycles. The molecule has 124 valence electrons. The average Bonchev–Trinajstić information content (AvgIpc) is 2.40. The second-order valence-corrected chi connectivity index (χ2v) is 7.36. The largest absolute Gasteiger partial charge is 0.391 e. The summed E-state index contributed by atoms with van der Waals surface area (Å²) in [4.78, 5) is 0. The summed E-state index contributed by atoms with van der Waals surface area (Å²) in [6, 6.07) is 4.27. The third-order valence-corrected chi connectivity index (χ3v) is 5.16. The van der Waals surface area contributed by atoms with Crippen LogP contribution in [0, 0.1) is 11.7 Å². The Hall–Kier alpha value is -1.15. The van der Waals surface area contributed by atoms with Crippen LogP contribution in [0.4, 0.5) is 17.6 Å². The first-order valence-electron chi connectivity index (χ1n) is 6.97. The molecule has 1 aromatic carbocycles. The first kappa shape index (κ1) is 17.2. The Morgan fingerprint density at radius 2 is 1.77 bits per heavy atom. The fourth-order valence-corrected chi connectivity index (χ4v) is 4.13. The quantitative estimate of drug-likeness (QED) is 0.855.